The van der Waals surface area contributed by atoms with Gasteiger partial charge in [0.1, 0.15) is 5.52 Å². The van der Waals surface area contributed by atoms with Gasteiger partial charge in [0.25, 0.3) is 0 Å². The highest BCUT2D eigenvalue weighted by Crippen LogP contribution is 2.32. The molecule has 0 bridgehead atoms. The number of piperazine rings is 1. The molecule has 182 valence electrons. The van der Waals surface area contributed by atoms with Crippen molar-refractivity contribution in [2.45, 2.75) is 18.2 Å². The molecule has 0 spiro atoms. The zero-order valence-electron chi connectivity index (χ0n) is 20.9. The van der Waals surface area contributed by atoms with Crippen molar-refractivity contribution in [3.8, 4) is 0 Å². The number of aryl methyl sites for hydroxylation is 2. The Morgan fingerprint density at radius 1 is 0.914 bits per heavy atom. The smallest absolute Gasteiger partial charge is 0.229 e. The van der Waals surface area contributed by atoms with Crippen LogP contribution in [0.2, 0.25) is 0 Å². The van der Waals surface area contributed by atoms with E-state index in [9.17, 15) is 0 Å². The molecule has 0 unspecified atom stereocenters. The monoisotopic (exact) mass is 487 g/mol. The van der Waals surface area contributed by atoms with Crippen LogP contribution >= 0.6 is 11.8 Å². The third-order valence-electron chi connectivity index (χ3n) is 6.66. The lowest BCUT2D eigenvalue weighted by atomic mass is 10.1. The summed E-state index contributed by atoms with van der Waals surface area (Å²) in [7, 11) is 4.21. The number of hydrogen-bond donors (Lipinski definition) is 2. The van der Waals surface area contributed by atoms with Crippen LogP contribution in [0.5, 0.6) is 0 Å². The third-order valence-corrected chi connectivity index (χ3v) is 7.46. The molecule has 0 amide bonds. The summed E-state index contributed by atoms with van der Waals surface area (Å²) < 4.78 is 2.06. The van der Waals surface area contributed by atoms with Crippen molar-refractivity contribution in [3.63, 3.8) is 0 Å². The maximum Gasteiger partial charge on any atom is 0.229 e. The molecular weight excluding hydrogens is 454 g/mol. The summed E-state index contributed by atoms with van der Waals surface area (Å²) in [6.07, 6.45) is 5.05. The Balaban J connectivity index is 1.46. The molecule has 1 saturated heterocycles. The normalized spacial score (nSPS) is 14.5. The lowest BCUT2D eigenvalue weighted by molar-refractivity contribution is 0.313. The number of nitrogens with zero attached hydrogens (tertiary/aromatic N) is 5. The van der Waals surface area contributed by atoms with E-state index in [1.54, 1.807) is 11.8 Å². The maximum atomic E-state index is 4.92. The van der Waals surface area contributed by atoms with Crippen molar-refractivity contribution < 1.29 is 0 Å². The molecule has 2 aromatic heterocycles. The minimum atomic E-state index is 0.592. The molecular formula is C27H33N7S. The SMILES string of the molecule is CCc1cc(N2CCN(C)CC2)ccc1Nc1nc(Nc2ccccc2SC)c2c(ccn2C)n1. The average Bonchev–Trinajstić information content (AvgIpc) is 3.25. The van der Waals surface area contributed by atoms with Gasteiger partial charge in [0.05, 0.1) is 11.2 Å². The van der Waals surface area contributed by atoms with Gasteiger partial charge < -0.3 is 25.0 Å². The molecule has 0 saturated carbocycles. The van der Waals surface area contributed by atoms with Crippen LogP contribution in [0.1, 0.15) is 12.5 Å². The first-order valence-electron chi connectivity index (χ1n) is 12.1. The van der Waals surface area contributed by atoms with Crippen LogP contribution in [0.3, 0.4) is 0 Å². The number of anilines is 5. The predicted octanol–water partition coefficient (Wildman–Crippen LogP) is 5.49. The van der Waals surface area contributed by atoms with Crippen molar-refractivity contribution in [3.05, 3.63) is 60.3 Å². The summed E-state index contributed by atoms with van der Waals surface area (Å²) in [5.74, 6) is 1.38. The van der Waals surface area contributed by atoms with Crippen molar-refractivity contribution in [1.29, 1.82) is 0 Å². The summed E-state index contributed by atoms with van der Waals surface area (Å²) in [5.41, 5.74) is 6.53. The second-order valence-electron chi connectivity index (χ2n) is 8.99. The third kappa shape index (κ3) is 4.94. The van der Waals surface area contributed by atoms with E-state index in [2.05, 4.69) is 81.6 Å². The Hall–Kier alpha value is -3.23. The van der Waals surface area contributed by atoms with Gasteiger partial charge in [-0.2, -0.15) is 4.98 Å². The molecule has 1 fully saturated rings. The van der Waals surface area contributed by atoms with E-state index in [-0.39, 0.29) is 0 Å². The number of likely N-dealkylation sites (N-methyl/N-ethyl adjacent to an activating group) is 1. The molecule has 3 heterocycles. The highest BCUT2D eigenvalue weighted by Gasteiger charge is 2.17. The Morgan fingerprint density at radius 2 is 1.71 bits per heavy atom. The minimum absolute atomic E-state index is 0.592. The molecule has 1 aliphatic rings. The second-order valence-corrected chi connectivity index (χ2v) is 9.84. The van der Waals surface area contributed by atoms with Gasteiger partial charge in [0, 0.05) is 55.7 Å². The number of thioether (sulfide) groups is 1. The lowest BCUT2D eigenvalue weighted by Gasteiger charge is -2.34. The van der Waals surface area contributed by atoms with Crippen LogP contribution in [0.4, 0.5) is 28.8 Å². The first-order valence-corrected chi connectivity index (χ1v) is 13.3. The fourth-order valence-electron chi connectivity index (χ4n) is 4.59. The van der Waals surface area contributed by atoms with Crippen molar-refractivity contribution in [2.75, 3.05) is 55.0 Å². The van der Waals surface area contributed by atoms with Gasteiger partial charge in [-0.05, 0) is 61.7 Å². The van der Waals surface area contributed by atoms with E-state index in [1.165, 1.54) is 16.1 Å². The van der Waals surface area contributed by atoms with Crippen LogP contribution in [0.15, 0.2) is 59.6 Å². The second kappa shape index (κ2) is 10.2. The van der Waals surface area contributed by atoms with E-state index >= 15 is 0 Å². The molecule has 1 aliphatic heterocycles. The molecule has 0 aliphatic carbocycles. The summed E-state index contributed by atoms with van der Waals surface area (Å²) in [6.45, 7) is 6.52. The highest BCUT2D eigenvalue weighted by atomic mass is 32.2. The molecule has 2 N–H and O–H groups in total. The number of hydrogen-bond acceptors (Lipinski definition) is 7. The van der Waals surface area contributed by atoms with Crippen LogP contribution < -0.4 is 15.5 Å². The fraction of sp³-hybridized carbons (Fsp3) is 0.333. The molecule has 4 aromatic rings. The Labute approximate surface area is 211 Å². The highest BCUT2D eigenvalue weighted by molar-refractivity contribution is 7.98. The Bertz CT molecular complexity index is 1320. The van der Waals surface area contributed by atoms with Gasteiger partial charge in [0.15, 0.2) is 5.82 Å². The molecule has 8 heteroatoms. The van der Waals surface area contributed by atoms with Gasteiger partial charge in [-0.1, -0.05) is 19.1 Å². The van der Waals surface area contributed by atoms with Crippen molar-refractivity contribution in [2.24, 2.45) is 7.05 Å². The molecule has 0 radical (unpaired) electrons. The van der Waals surface area contributed by atoms with Crippen LogP contribution in [-0.4, -0.2) is 58.9 Å². The average molecular weight is 488 g/mol. The summed E-state index contributed by atoms with van der Waals surface area (Å²) in [6, 6.07) is 17.0. The first-order chi connectivity index (χ1) is 17.1. The molecule has 2 aromatic carbocycles. The number of aromatic nitrogens is 3. The van der Waals surface area contributed by atoms with Crippen LogP contribution in [0.25, 0.3) is 11.0 Å². The zero-order valence-corrected chi connectivity index (χ0v) is 21.7. The standard InChI is InChI=1S/C27H33N7S/c1-5-19-18-20(34-16-14-32(2)15-17-34)10-11-21(19)29-27-30-23-12-13-33(3)25(23)26(31-27)28-22-8-6-7-9-24(22)35-4/h6-13,18H,5,14-17H2,1-4H3,(H2,28,29,30,31). The van der Waals surface area contributed by atoms with E-state index < -0.39 is 0 Å². The quantitative estimate of drug-likeness (QED) is 0.334. The zero-order chi connectivity index (χ0) is 24.4. The molecule has 35 heavy (non-hydrogen) atoms. The largest absolute Gasteiger partial charge is 0.369 e. The number of benzene rings is 2. The topological polar surface area (TPSA) is 61.2 Å². The number of fused-ring (bicyclic) bond motifs is 1. The van der Waals surface area contributed by atoms with Gasteiger partial charge in [-0.25, -0.2) is 4.98 Å². The van der Waals surface area contributed by atoms with E-state index in [4.69, 9.17) is 9.97 Å². The van der Waals surface area contributed by atoms with E-state index in [0.717, 1.165) is 60.8 Å². The van der Waals surface area contributed by atoms with Crippen LogP contribution in [-0.2, 0) is 13.5 Å². The first kappa shape index (κ1) is 23.5. The number of nitrogens with one attached hydrogen (secondary N) is 2. The fourth-order valence-corrected chi connectivity index (χ4v) is 5.14. The minimum Gasteiger partial charge on any atom is -0.369 e. The molecule has 7 nitrogen and oxygen atoms in total. The Kier molecular flexibility index (Phi) is 6.83. The number of rotatable bonds is 7. The predicted molar refractivity (Wildman–Crippen MR) is 149 cm³/mol. The lowest BCUT2D eigenvalue weighted by Crippen LogP contribution is -2.44. The Morgan fingerprint density at radius 3 is 2.49 bits per heavy atom. The summed E-state index contributed by atoms with van der Waals surface area (Å²) >= 11 is 1.72. The van der Waals surface area contributed by atoms with Gasteiger partial charge in [-0.15, -0.1) is 11.8 Å². The van der Waals surface area contributed by atoms with E-state index in [1.807, 2.05) is 25.4 Å². The van der Waals surface area contributed by atoms with E-state index in [0.29, 0.717) is 5.95 Å². The van der Waals surface area contributed by atoms with Crippen LogP contribution in [0, 0.1) is 0 Å². The molecule has 0 atom stereocenters. The summed E-state index contributed by atoms with van der Waals surface area (Å²) in [5, 5.41) is 7.07. The number of para-hydroxylation sites is 1. The summed E-state index contributed by atoms with van der Waals surface area (Å²) in [4.78, 5) is 15.8. The maximum absolute atomic E-state index is 4.92. The van der Waals surface area contributed by atoms with Crippen molar-refractivity contribution in [1.82, 2.24) is 19.4 Å². The van der Waals surface area contributed by atoms with Gasteiger partial charge >= 0.3 is 0 Å². The van der Waals surface area contributed by atoms with Gasteiger partial charge in [-0.3, -0.25) is 0 Å². The molecule has 5 rings (SSSR count). The van der Waals surface area contributed by atoms with Gasteiger partial charge in [0.2, 0.25) is 5.95 Å². The van der Waals surface area contributed by atoms with Crippen molar-refractivity contribution >= 4 is 51.6 Å².